The quantitative estimate of drug-likeness (QED) is 0.173. The lowest BCUT2D eigenvalue weighted by atomic mass is 10.1. The number of hydrogen-bond acceptors (Lipinski definition) is 3. The maximum Gasteiger partial charge on any atom is 0.240 e. The molecule has 0 unspecified atom stereocenters. The Morgan fingerprint density at radius 2 is 0.609 bits per heavy atom. The molecule has 0 fully saturated rings. The van der Waals surface area contributed by atoms with E-state index in [4.69, 9.17) is 21.9 Å². The first-order valence-corrected chi connectivity index (χ1v) is 18.8. The second-order valence-electron chi connectivity index (χ2n) is 13.8. The number of benzene rings is 9. The zero-order chi connectivity index (χ0) is 72.3. The molecule has 0 amide bonds. The molecule has 5 heterocycles. The Hall–Kier alpha value is -8.81. The van der Waals surface area contributed by atoms with E-state index >= 15 is 0 Å². The van der Waals surface area contributed by atoms with Crippen molar-refractivity contribution in [3.05, 3.63) is 211 Å². The summed E-state index contributed by atoms with van der Waals surface area (Å²) in [5.74, 6) is -3.20. The van der Waals surface area contributed by atoms with Crippen LogP contribution in [-0.2, 0) is 0 Å². The van der Waals surface area contributed by atoms with Gasteiger partial charge in [-0.25, -0.2) is 0 Å². The second kappa shape index (κ2) is 13.3. The normalized spacial score (nSPS) is 19.7. The number of aromatic nitrogens is 7. The molecule has 0 saturated carbocycles. The fraction of sp³-hybridized carbons (Fsp3) is 0. The number of hydrogen-bond donors (Lipinski definition) is 0. The van der Waals surface area contributed by atoms with Crippen LogP contribution in [0.15, 0.2) is 211 Å². The number of para-hydroxylation sites is 8. The average molecular weight is 853 g/mol. The maximum absolute atomic E-state index is 10.2. The Labute approximate surface area is 415 Å². The fourth-order valence-corrected chi connectivity index (χ4v) is 8.03. The van der Waals surface area contributed by atoms with Crippen LogP contribution >= 0.6 is 0 Å². The molecule has 0 atom stereocenters. The van der Waals surface area contributed by atoms with Crippen LogP contribution in [-0.4, -0.2) is 33.2 Å². The summed E-state index contributed by atoms with van der Waals surface area (Å²) < 4.78 is 324. The Morgan fingerprint density at radius 3 is 1.05 bits per heavy atom. The molecular weight excluding hydrogens is 783 g/mol. The smallest absolute Gasteiger partial charge is 0.240 e. The van der Waals surface area contributed by atoms with Crippen molar-refractivity contribution in [2.75, 3.05) is 0 Å². The molecule has 7 nitrogen and oxygen atoms in total. The SMILES string of the molecule is [2H]c1c([2H])c([2H])c(-n2c3c([2H])c([2H])c([2H])c([2H])c3c3c([2H])c(-n4c5c([2H])c([2H])c([2H])c([2H])c5c5c([2H])c([2H])c([2H])c([2H])c54)c([2H])c([2H])c32)c(-c2nc(-n3c4c([2H])c([2H])c([2H])c([2H])c4c4c([2H])c([2H])c([2H])c([2H])c43)nc(-n3c4c([2H])c([2H])c([2H])c([2H])c4c4c([2H])c([2H])c([2H])c([2H])c43)n2)c1[2H]. The molecule has 14 rings (SSSR count). The molecule has 64 heavy (non-hydrogen) atoms. The standard InChI is InChI=1S/C57H35N7/c1-9-25-46-37(17-1)38-18-2-10-26-47(38)61(46)36-33-34-54-45(35-36)43-23-7-11-27-48(43)62(54)53-32-16-8-24-44(53)55-58-56(63-49-28-12-3-19-39(49)40-20-4-13-29-50(40)63)60-57(59-55)64-51-30-14-5-21-41(51)42-22-6-15-31-52(42)64/h1-35H/i1D,2D,3D,4D,5D,6D,7D,8D,9D,10D,11D,12D,13D,14D,15D,16D,17D,18D,19D,20D,21D,22D,23D,24D,25D,26D,27D,28D,29D,30D,31D,32D,33D,34D,35D. The van der Waals surface area contributed by atoms with Crippen molar-refractivity contribution in [3.8, 4) is 34.7 Å². The van der Waals surface area contributed by atoms with Crippen molar-refractivity contribution in [1.29, 1.82) is 0 Å². The van der Waals surface area contributed by atoms with E-state index in [1.807, 2.05) is 0 Å². The molecule has 0 radical (unpaired) electrons. The molecule has 0 aliphatic rings. The summed E-state index contributed by atoms with van der Waals surface area (Å²) >= 11 is 0. The van der Waals surface area contributed by atoms with Crippen molar-refractivity contribution in [3.63, 3.8) is 0 Å². The Bertz CT molecular complexity index is 5890. The van der Waals surface area contributed by atoms with E-state index in [0.717, 1.165) is 4.57 Å². The van der Waals surface area contributed by atoms with Gasteiger partial charge in [0.2, 0.25) is 11.9 Å². The number of fused-ring (bicyclic) bond motifs is 12. The zero-order valence-electron chi connectivity index (χ0n) is 66.6. The highest BCUT2D eigenvalue weighted by Gasteiger charge is 2.23. The van der Waals surface area contributed by atoms with E-state index in [0.29, 0.717) is 13.7 Å². The average Bonchev–Trinajstić information content (AvgIpc) is 1.55. The van der Waals surface area contributed by atoms with Crippen molar-refractivity contribution >= 4 is 87.2 Å². The van der Waals surface area contributed by atoms with Gasteiger partial charge in [0.15, 0.2) is 5.82 Å². The van der Waals surface area contributed by atoms with Gasteiger partial charge in [-0.2, -0.15) is 15.0 Å². The summed E-state index contributed by atoms with van der Waals surface area (Å²) in [7, 11) is 0. The molecule has 14 aromatic rings. The maximum atomic E-state index is 10.2. The molecule has 298 valence electrons. The largest absolute Gasteiger partial charge is 0.309 e. The summed E-state index contributed by atoms with van der Waals surface area (Å²) in [6.07, 6.45) is 0. The molecule has 0 aliphatic heterocycles. The van der Waals surface area contributed by atoms with E-state index < -0.39 is 333 Å². The Balaban J connectivity index is 1.24. The van der Waals surface area contributed by atoms with Crippen molar-refractivity contribution in [2.45, 2.75) is 0 Å². The van der Waals surface area contributed by atoms with Gasteiger partial charge in [0.05, 0.1) is 97.8 Å². The van der Waals surface area contributed by atoms with E-state index in [1.54, 1.807) is 0 Å². The molecule has 7 heteroatoms. The van der Waals surface area contributed by atoms with E-state index in [1.165, 1.54) is 0 Å². The molecule has 0 aliphatic carbocycles. The second-order valence-corrected chi connectivity index (χ2v) is 13.8. The van der Waals surface area contributed by atoms with Crippen LogP contribution in [0.4, 0.5) is 0 Å². The molecule has 9 aromatic carbocycles. The minimum atomic E-state index is -1.21. The van der Waals surface area contributed by atoms with Gasteiger partial charge in [0.1, 0.15) is 0 Å². The molecule has 0 saturated heterocycles. The third-order valence-electron chi connectivity index (χ3n) is 10.6. The minimum Gasteiger partial charge on any atom is -0.309 e. The number of rotatable bonds is 5. The third-order valence-corrected chi connectivity index (χ3v) is 10.6. The first kappa shape index (κ1) is 15.2. The van der Waals surface area contributed by atoms with Crippen LogP contribution in [0.1, 0.15) is 48.0 Å². The highest BCUT2D eigenvalue weighted by atomic mass is 15.3. The lowest BCUT2D eigenvalue weighted by molar-refractivity contribution is 0.892. The van der Waals surface area contributed by atoms with E-state index in [2.05, 4.69) is 15.0 Å². The highest BCUT2D eigenvalue weighted by molar-refractivity contribution is 6.13. The van der Waals surface area contributed by atoms with Gasteiger partial charge in [-0.05, 0) is 72.5 Å². The lowest BCUT2D eigenvalue weighted by Crippen LogP contribution is -2.11. The molecule has 0 bridgehead atoms. The van der Waals surface area contributed by atoms with Gasteiger partial charge >= 0.3 is 0 Å². The predicted octanol–water partition coefficient (Wildman–Crippen LogP) is 13.9. The van der Waals surface area contributed by atoms with Crippen LogP contribution in [0, 0.1) is 0 Å². The van der Waals surface area contributed by atoms with Crippen LogP contribution < -0.4 is 0 Å². The van der Waals surface area contributed by atoms with Crippen LogP contribution in [0.3, 0.4) is 0 Å². The topological polar surface area (TPSA) is 58.4 Å². The van der Waals surface area contributed by atoms with Gasteiger partial charge in [-0.15, -0.1) is 0 Å². The first-order valence-electron chi connectivity index (χ1n) is 36.3. The van der Waals surface area contributed by atoms with Crippen molar-refractivity contribution in [2.24, 2.45) is 0 Å². The number of nitrogens with zero attached hydrogens (tertiary/aromatic N) is 7. The molecular formula is C57H35N7. The highest BCUT2D eigenvalue weighted by Crippen LogP contribution is 2.40. The molecule has 0 spiro atoms. The van der Waals surface area contributed by atoms with Crippen LogP contribution in [0.2, 0.25) is 0 Å². The summed E-state index contributed by atoms with van der Waals surface area (Å²) in [6, 6.07) is -34.4. The minimum absolute atomic E-state index is 0.540. The Kier molecular flexibility index (Phi) is 3.17. The van der Waals surface area contributed by atoms with Crippen LogP contribution in [0.5, 0.6) is 0 Å². The fourth-order valence-electron chi connectivity index (χ4n) is 8.03. The third kappa shape index (κ3) is 4.89. The van der Waals surface area contributed by atoms with Gasteiger partial charge in [-0.3, -0.25) is 9.13 Å². The van der Waals surface area contributed by atoms with Crippen LogP contribution in [0.25, 0.3) is 122 Å². The van der Waals surface area contributed by atoms with Crippen molar-refractivity contribution < 1.29 is 48.0 Å². The zero-order valence-corrected chi connectivity index (χ0v) is 31.6. The predicted molar refractivity (Wildman–Crippen MR) is 263 cm³/mol. The molecule has 0 N–H and O–H groups in total. The molecule has 5 aromatic heterocycles. The lowest BCUT2D eigenvalue weighted by Gasteiger charge is -2.16. The van der Waals surface area contributed by atoms with Gasteiger partial charge in [0, 0.05) is 54.3 Å². The van der Waals surface area contributed by atoms with Gasteiger partial charge in [0.25, 0.3) is 0 Å². The summed E-state index contributed by atoms with van der Waals surface area (Å²) in [4.78, 5) is 14.0. The van der Waals surface area contributed by atoms with E-state index in [-0.39, 0.29) is 0 Å². The van der Waals surface area contributed by atoms with Crippen molar-refractivity contribution in [1.82, 2.24) is 33.2 Å². The summed E-state index contributed by atoms with van der Waals surface area (Å²) in [6.45, 7) is 0. The summed E-state index contributed by atoms with van der Waals surface area (Å²) in [5.41, 5.74) is -8.81. The summed E-state index contributed by atoms with van der Waals surface area (Å²) in [5, 5.41) is -4.96. The van der Waals surface area contributed by atoms with E-state index in [9.17, 15) is 26.0 Å². The van der Waals surface area contributed by atoms with Gasteiger partial charge < -0.3 is 9.13 Å². The monoisotopic (exact) mass is 853 g/mol. The Morgan fingerprint density at radius 1 is 0.281 bits per heavy atom. The van der Waals surface area contributed by atoms with Gasteiger partial charge in [-0.1, -0.05) is 139 Å². The first-order chi connectivity index (χ1) is 46.3.